The molecule has 116 valence electrons. The largest absolute Gasteiger partial charge is 0.478 e. The van der Waals surface area contributed by atoms with E-state index in [0.29, 0.717) is 21.8 Å². The van der Waals surface area contributed by atoms with E-state index in [-0.39, 0.29) is 11.4 Å². The average molecular weight is 329 g/mol. The summed E-state index contributed by atoms with van der Waals surface area (Å²) in [6, 6.07) is 12.0. The molecule has 0 saturated heterocycles. The van der Waals surface area contributed by atoms with Gasteiger partial charge in [-0.1, -0.05) is 24.3 Å². The normalized spacial score (nSPS) is 12.1. The zero-order chi connectivity index (χ0) is 16.4. The van der Waals surface area contributed by atoms with Gasteiger partial charge in [-0.3, -0.25) is 0 Å². The predicted octanol–water partition coefficient (Wildman–Crippen LogP) is 3.73. The highest BCUT2D eigenvalue weighted by molar-refractivity contribution is 7.10. The van der Waals surface area contributed by atoms with Crippen LogP contribution in [0.3, 0.4) is 0 Å². The Morgan fingerprint density at radius 2 is 1.91 bits per heavy atom. The Morgan fingerprint density at radius 3 is 2.61 bits per heavy atom. The molecule has 0 bridgehead atoms. The van der Waals surface area contributed by atoms with E-state index < -0.39 is 12.1 Å². The van der Waals surface area contributed by atoms with Crippen LogP contribution in [-0.4, -0.2) is 21.2 Å². The first-order chi connectivity index (χ1) is 11.0. The van der Waals surface area contributed by atoms with Gasteiger partial charge in [0.05, 0.1) is 11.3 Å². The molecule has 0 saturated carbocycles. The van der Waals surface area contributed by atoms with E-state index in [2.05, 4.69) is 4.98 Å². The van der Waals surface area contributed by atoms with E-state index >= 15 is 0 Å². The first-order valence-electron chi connectivity index (χ1n) is 6.77. The third-order valence-corrected chi connectivity index (χ3v) is 4.24. The van der Waals surface area contributed by atoms with Gasteiger partial charge < -0.3 is 10.2 Å². The molecular weight excluding hydrogens is 317 g/mol. The highest BCUT2D eigenvalue weighted by Crippen LogP contribution is 2.29. The fourth-order valence-electron chi connectivity index (χ4n) is 2.14. The molecule has 1 heterocycles. The van der Waals surface area contributed by atoms with Gasteiger partial charge in [-0.25, -0.2) is 14.2 Å². The van der Waals surface area contributed by atoms with Crippen LogP contribution in [-0.2, 0) is 0 Å². The number of aromatic carboxylic acids is 1. The molecule has 3 rings (SSSR count). The van der Waals surface area contributed by atoms with Crippen LogP contribution in [0, 0.1) is 5.82 Å². The molecule has 0 amide bonds. The number of rotatable bonds is 4. The number of hydrogen-bond acceptors (Lipinski definition) is 4. The summed E-state index contributed by atoms with van der Waals surface area (Å²) in [5.74, 6) is -1.38. The Balaban J connectivity index is 1.89. The molecule has 1 unspecified atom stereocenters. The van der Waals surface area contributed by atoms with E-state index in [1.807, 2.05) is 0 Å². The monoisotopic (exact) mass is 329 g/mol. The number of aliphatic hydroxyl groups excluding tert-OH is 1. The van der Waals surface area contributed by atoms with Crippen molar-refractivity contribution in [3.63, 3.8) is 0 Å². The van der Waals surface area contributed by atoms with E-state index in [1.54, 1.807) is 17.5 Å². The summed E-state index contributed by atoms with van der Waals surface area (Å²) in [5.41, 5.74) is 1.98. The van der Waals surface area contributed by atoms with Gasteiger partial charge in [0.15, 0.2) is 0 Å². The third kappa shape index (κ3) is 3.28. The number of benzene rings is 2. The van der Waals surface area contributed by atoms with Gasteiger partial charge in [-0.05, 0) is 29.8 Å². The molecule has 0 spiro atoms. The van der Waals surface area contributed by atoms with Crippen LogP contribution in [0.1, 0.15) is 27.0 Å². The summed E-state index contributed by atoms with van der Waals surface area (Å²) in [5, 5.41) is 21.6. The Labute approximate surface area is 135 Å². The molecule has 0 aliphatic carbocycles. The standard InChI is InChI=1S/C17H12FNO3S/c18-13-6-4-10(5-7-13)15(20)16-19-14(9-23-16)11-2-1-3-12(8-11)17(21)22/h1-9,15,20H,(H,21,22). The number of aliphatic hydroxyl groups is 1. The molecule has 0 radical (unpaired) electrons. The lowest BCUT2D eigenvalue weighted by atomic mass is 10.1. The van der Waals surface area contributed by atoms with Gasteiger partial charge in [0, 0.05) is 10.9 Å². The lowest BCUT2D eigenvalue weighted by Crippen LogP contribution is -1.99. The van der Waals surface area contributed by atoms with Crippen molar-refractivity contribution in [3.8, 4) is 11.3 Å². The van der Waals surface area contributed by atoms with E-state index in [0.717, 1.165) is 0 Å². The number of halogens is 1. The number of hydrogen-bond donors (Lipinski definition) is 2. The quantitative estimate of drug-likeness (QED) is 0.765. The van der Waals surface area contributed by atoms with E-state index in [1.165, 1.54) is 47.7 Å². The van der Waals surface area contributed by atoms with Crippen LogP contribution in [0.4, 0.5) is 4.39 Å². The lowest BCUT2D eigenvalue weighted by molar-refractivity contribution is 0.0697. The Kier molecular flexibility index (Phi) is 4.18. The SMILES string of the molecule is O=C(O)c1cccc(-c2csc(C(O)c3ccc(F)cc3)n2)c1. The zero-order valence-corrected chi connectivity index (χ0v) is 12.6. The maximum atomic E-state index is 12.9. The summed E-state index contributed by atoms with van der Waals surface area (Å²) in [7, 11) is 0. The minimum absolute atomic E-state index is 0.177. The molecule has 0 aliphatic rings. The summed E-state index contributed by atoms with van der Waals surface area (Å²) in [4.78, 5) is 15.4. The molecule has 1 atom stereocenters. The molecule has 23 heavy (non-hydrogen) atoms. The van der Waals surface area contributed by atoms with Crippen LogP contribution < -0.4 is 0 Å². The minimum atomic E-state index is -1.01. The first kappa shape index (κ1) is 15.3. The summed E-state index contributed by atoms with van der Waals surface area (Å²) in [6.45, 7) is 0. The van der Waals surface area contributed by atoms with Gasteiger partial charge in [0.1, 0.15) is 16.9 Å². The van der Waals surface area contributed by atoms with Gasteiger partial charge in [-0.15, -0.1) is 11.3 Å². The second kappa shape index (κ2) is 6.28. The molecule has 2 N–H and O–H groups in total. The Hall–Kier alpha value is -2.57. The number of nitrogens with zero attached hydrogens (tertiary/aromatic N) is 1. The minimum Gasteiger partial charge on any atom is -0.478 e. The van der Waals surface area contributed by atoms with E-state index in [4.69, 9.17) is 5.11 Å². The molecule has 4 nitrogen and oxygen atoms in total. The summed E-state index contributed by atoms with van der Waals surface area (Å²) in [6.07, 6.45) is -0.947. The van der Waals surface area contributed by atoms with Gasteiger partial charge in [0.25, 0.3) is 0 Å². The number of aromatic nitrogens is 1. The molecule has 0 aliphatic heterocycles. The Bertz CT molecular complexity index is 845. The van der Waals surface area contributed by atoms with Crippen molar-refractivity contribution in [2.24, 2.45) is 0 Å². The smallest absolute Gasteiger partial charge is 0.335 e. The van der Waals surface area contributed by atoms with Crippen LogP contribution in [0.2, 0.25) is 0 Å². The van der Waals surface area contributed by atoms with Gasteiger partial charge in [0.2, 0.25) is 0 Å². The number of carbonyl (C=O) groups is 1. The third-order valence-electron chi connectivity index (χ3n) is 3.35. The summed E-state index contributed by atoms with van der Waals surface area (Å²) < 4.78 is 12.9. The molecule has 0 fully saturated rings. The van der Waals surface area contributed by atoms with Gasteiger partial charge in [-0.2, -0.15) is 0 Å². The number of carboxylic acid groups (broad SMARTS) is 1. The van der Waals surface area contributed by atoms with Crippen LogP contribution in [0.25, 0.3) is 11.3 Å². The molecule has 3 aromatic rings. The zero-order valence-electron chi connectivity index (χ0n) is 11.8. The maximum absolute atomic E-state index is 12.9. The molecule has 2 aromatic carbocycles. The summed E-state index contributed by atoms with van der Waals surface area (Å²) >= 11 is 1.26. The second-order valence-electron chi connectivity index (χ2n) is 4.91. The average Bonchev–Trinajstić information content (AvgIpc) is 3.05. The lowest BCUT2D eigenvalue weighted by Gasteiger charge is -2.07. The number of thiazole rings is 1. The number of carboxylic acids is 1. The van der Waals surface area contributed by atoms with Crippen molar-refractivity contribution in [2.75, 3.05) is 0 Å². The molecular formula is C17H12FNO3S. The van der Waals surface area contributed by atoms with Crippen molar-refractivity contribution in [1.82, 2.24) is 4.98 Å². The topological polar surface area (TPSA) is 70.4 Å². The Morgan fingerprint density at radius 1 is 1.17 bits per heavy atom. The fourth-order valence-corrected chi connectivity index (χ4v) is 2.98. The van der Waals surface area contributed by atoms with E-state index in [9.17, 15) is 14.3 Å². The predicted molar refractivity (Wildman–Crippen MR) is 85.0 cm³/mol. The van der Waals surface area contributed by atoms with Gasteiger partial charge >= 0.3 is 5.97 Å². The van der Waals surface area contributed by atoms with Crippen molar-refractivity contribution in [1.29, 1.82) is 0 Å². The van der Waals surface area contributed by atoms with Crippen molar-refractivity contribution >= 4 is 17.3 Å². The van der Waals surface area contributed by atoms with Crippen LogP contribution in [0.5, 0.6) is 0 Å². The maximum Gasteiger partial charge on any atom is 0.335 e. The highest BCUT2D eigenvalue weighted by atomic mass is 32.1. The first-order valence-corrected chi connectivity index (χ1v) is 7.65. The highest BCUT2D eigenvalue weighted by Gasteiger charge is 2.16. The fraction of sp³-hybridized carbons (Fsp3) is 0.0588. The van der Waals surface area contributed by atoms with Crippen LogP contribution in [0.15, 0.2) is 53.9 Å². The van der Waals surface area contributed by atoms with Crippen molar-refractivity contribution in [2.45, 2.75) is 6.10 Å². The van der Waals surface area contributed by atoms with Crippen molar-refractivity contribution in [3.05, 3.63) is 75.9 Å². The van der Waals surface area contributed by atoms with Crippen molar-refractivity contribution < 1.29 is 19.4 Å². The molecule has 1 aromatic heterocycles. The second-order valence-corrected chi connectivity index (χ2v) is 5.80. The molecule has 6 heteroatoms. The van der Waals surface area contributed by atoms with Crippen LogP contribution >= 0.6 is 11.3 Å².